The van der Waals surface area contributed by atoms with Crippen LogP contribution >= 0.6 is 7.82 Å². The standard InChI is InChI=1S/C51H84NO8P/c1-3-5-7-9-11-13-15-17-19-21-23-24-26-28-30-32-34-36-38-40-42-44-51(55)58-47-49(53)48-60-61(56,57)59-46-45-52-50(54)43-41-39-37-35-33-31-29-27-25-22-20-18-16-14-12-10-8-6-4-2/h5,7,11-14,17-20,23-25,27-28,30,34,36,49,53H,3-4,6,8-10,15-16,21-22,26,29,31-33,35,37-48H2,1-2H3,(H,52,54)(H,56,57)/b7-5-,13-11-,14-12-,19-17-,20-18-,24-23-,27-25-,30-28-,36-34-. The molecule has 0 aliphatic carbocycles. The second kappa shape index (κ2) is 46.2. The Bertz CT molecular complexity index is 1360. The average molecular weight is 870 g/mol. The Hall–Kier alpha value is -3.33. The predicted molar refractivity (Wildman–Crippen MR) is 256 cm³/mol. The SMILES string of the molecule is CC/C=C\C/C=C\C/C=C\C/C=C\C/C=C\C/C=C\CCCCC(=O)OCC(O)COP(=O)(O)OCCNC(=O)CCCCCCCC/C=C\C/C=C\C/C=C\CCCCC. The average Bonchev–Trinajstić information content (AvgIpc) is 3.25. The molecule has 346 valence electrons. The number of aliphatic hydroxyl groups is 1. The van der Waals surface area contributed by atoms with Crippen molar-refractivity contribution in [3.63, 3.8) is 0 Å². The summed E-state index contributed by atoms with van der Waals surface area (Å²) in [5.41, 5.74) is 0. The van der Waals surface area contributed by atoms with Crippen LogP contribution in [0.5, 0.6) is 0 Å². The quantitative estimate of drug-likeness (QED) is 0.0239. The molecule has 1 amide bonds. The molecular formula is C51H84NO8P. The van der Waals surface area contributed by atoms with E-state index in [9.17, 15) is 24.2 Å². The highest BCUT2D eigenvalue weighted by molar-refractivity contribution is 7.47. The van der Waals surface area contributed by atoms with E-state index in [1.807, 2.05) is 0 Å². The number of carbonyl (C=O) groups excluding carboxylic acids is 2. The van der Waals surface area contributed by atoms with E-state index in [1.165, 1.54) is 38.5 Å². The van der Waals surface area contributed by atoms with Crippen LogP contribution in [-0.4, -0.2) is 54.3 Å². The minimum atomic E-state index is -4.44. The molecule has 0 bridgehead atoms. The van der Waals surface area contributed by atoms with E-state index in [2.05, 4.69) is 129 Å². The maximum absolute atomic E-state index is 12.1. The lowest BCUT2D eigenvalue weighted by Gasteiger charge is -2.15. The van der Waals surface area contributed by atoms with Gasteiger partial charge in [0.25, 0.3) is 0 Å². The fourth-order valence-corrected chi connectivity index (χ4v) is 6.44. The van der Waals surface area contributed by atoms with Gasteiger partial charge < -0.3 is 20.1 Å². The third kappa shape index (κ3) is 47.6. The molecule has 0 saturated heterocycles. The number of esters is 1. The first-order valence-corrected chi connectivity index (χ1v) is 24.9. The number of rotatable bonds is 42. The van der Waals surface area contributed by atoms with Gasteiger partial charge in [0, 0.05) is 19.4 Å². The van der Waals surface area contributed by atoms with Gasteiger partial charge in [-0.05, 0) is 103 Å². The number of hydrogen-bond acceptors (Lipinski definition) is 7. The van der Waals surface area contributed by atoms with Crippen LogP contribution in [-0.2, 0) is 27.9 Å². The molecular weight excluding hydrogens is 786 g/mol. The molecule has 0 fully saturated rings. The van der Waals surface area contributed by atoms with Gasteiger partial charge in [-0.3, -0.25) is 18.6 Å². The van der Waals surface area contributed by atoms with Crippen molar-refractivity contribution in [1.29, 1.82) is 0 Å². The molecule has 0 aromatic carbocycles. The third-order valence-corrected chi connectivity index (χ3v) is 10.2. The number of unbranched alkanes of at least 4 members (excludes halogenated alkanes) is 11. The number of phosphoric acid groups is 1. The molecule has 2 unspecified atom stereocenters. The lowest BCUT2D eigenvalue weighted by Crippen LogP contribution is -2.27. The summed E-state index contributed by atoms with van der Waals surface area (Å²) in [5.74, 6) is -0.582. The lowest BCUT2D eigenvalue weighted by molar-refractivity contribution is -0.147. The Morgan fingerprint density at radius 2 is 0.934 bits per heavy atom. The van der Waals surface area contributed by atoms with E-state index in [0.29, 0.717) is 12.8 Å². The first-order chi connectivity index (χ1) is 29.8. The van der Waals surface area contributed by atoms with E-state index >= 15 is 0 Å². The van der Waals surface area contributed by atoms with Gasteiger partial charge in [-0.25, -0.2) is 4.57 Å². The number of carbonyl (C=O) groups is 2. The van der Waals surface area contributed by atoms with Crippen molar-refractivity contribution in [2.24, 2.45) is 0 Å². The normalized spacial score (nSPS) is 14.2. The lowest BCUT2D eigenvalue weighted by atomic mass is 10.1. The minimum absolute atomic E-state index is 0.0620. The van der Waals surface area contributed by atoms with Crippen LogP contribution in [0.25, 0.3) is 0 Å². The minimum Gasteiger partial charge on any atom is -0.463 e. The fraction of sp³-hybridized carbons (Fsp3) is 0.608. The number of ether oxygens (including phenoxy) is 1. The molecule has 0 aliphatic rings. The molecule has 0 radical (unpaired) electrons. The summed E-state index contributed by atoms with van der Waals surface area (Å²) in [6, 6.07) is 0. The van der Waals surface area contributed by atoms with Gasteiger partial charge in [0.2, 0.25) is 5.91 Å². The van der Waals surface area contributed by atoms with E-state index in [1.54, 1.807) is 0 Å². The summed E-state index contributed by atoms with van der Waals surface area (Å²) in [5, 5.41) is 12.7. The molecule has 0 saturated carbocycles. The summed E-state index contributed by atoms with van der Waals surface area (Å²) >= 11 is 0. The fourth-order valence-electron chi connectivity index (χ4n) is 5.68. The van der Waals surface area contributed by atoms with E-state index in [0.717, 1.165) is 96.3 Å². The zero-order valence-corrected chi connectivity index (χ0v) is 39.0. The highest BCUT2D eigenvalue weighted by Crippen LogP contribution is 2.42. The van der Waals surface area contributed by atoms with Gasteiger partial charge in [0.1, 0.15) is 12.7 Å². The van der Waals surface area contributed by atoms with Crippen molar-refractivity contribution >= 4 is 19.7 Å². The van der Waals surface area contributed by atoms with Crippen LogP contribution in [0.4, 0.5) is 0 Å². The number of allylic oxidation sites excluding steroid dienone is 18. The first kappa shape index (κ1) is 57.7. The molecule has 0 rings (SSSR count). The molecule has 3 N–H and O–H groups in total. The number of amides is 1. The van der Waals surface area contributed by atoms with Crippen LogP contribution in [0.15, 0.2) is 109 Å². The summed E-state index contributed by atoms with van der Waals surface area (Å²) in [7, 11) is -4.44. The monoisotopic (exact) mass is 870 g/mol. The summed E-state index contributed by atoms with van der Waals surface area (Å²) in [6.07, 6.45) is 61.6. The maximum atomic E-state index is 12.1. The molecule has 0 aromatic rings. The molecule has 10 heteroatoms. The number of hydrogen-bond donors (Lipinski definition) is 3. The maximum Gasteiger partial charge on any atom is 0.472 e. The van der Waals surface area contributed by atoms with Crippen LogP contribution in [0.2, 0.25) is 0 Å². The van der Waals surface area contributed by atoms with Crippen LogP contribution < -0.4 is 5.32 Å². The van der Waals surface area contributed by atoms with Crippen LogP contribution in [0, 0.1) is 0 Å². The Morgan fingerprint density at radius 3 is 1.43 bits per heavy atom. The number of aliphatic hydroxyl groups excluding tert-OH is 1. The second-order valence-electron chi connectivity index (χ2n) is 15.0. The Balaban J connectivity index is 3.72. The zero-order chi connectivity index (χ0) is 44.6. The van der Waals surface area contributed by atoms with Gasteiger partial charge in [0.05, 0.1) is 13.2 Å². The molecule has 61 heavy (non-hydrogen) atoms. The summed E-state index contributed by atoms with van der Waals surface area (Å²) in [4.78, 5) is 34.0. The second-order valence-corrected chi connectivity index (χ2v) is 16.4. The first-order valence-electron chi connectivity index (χ1n) is 23.4. The van der Waals surface area contributed by atoms with Crippen molar-refractivity contribution in [2.45, 2.75) is 174 Å². The van der Waals surface area contributed by atoms with E-state index in [-0.39, 0.29) is 32.1 Å². The Labute approximate surface area is 371 Å². The largest absolute Gasteiger partial charge is 0.472 e. The number of phosphoric ester groups is 1. The van der Waals surface area contributed by atoms with Crippen molar-refractivity contribution in [2.75, 3.05) is 26.4 Å². The van der Waals surface area contributed by atoms with Gasteiger partial charge in [0.15, 0.2) is 0 Å². The van der Waals surface area contributed by atoms with Crippen LogP contribution in [0.1, 0.15) is 168 Å². The van der Waals surface area contributed by atoms with Gasteiger partial charge in [-0.2, -0.15) is 0 Å². The van der Waals surface area contributed by atoms with E-state index < -0.39 is 26.5 Å². The molecule has 2 atom stereocenters. The predicted octanol–water partition coefficient (Wildman–Crippen LogP) is 13.5. The van der Waals surface area contributed by atoms with Gasteiger partial charge in [-0.1, -0.05) is 162 Å². The van der Waals surface area contributed by atoms with Crippen molar-refractivity contribution in [1.82, 2.24) is 5.32 Å². The zero-order valence-electron chi connectivity index (χ0n) is 38.1. The topological polar surface area (TPSA) is 131 Å². The van der Waals surface area contributed by atoms with Gasteiger partial charge >= 0.3 is 13.8 Å². The van der Waals surface area contributed by atoms with Crippen molar-refractivity contribution in [3.05, 3.63) is 109 Å². The summed E-state index contributed by atoms with van der Waals surface area (Å²) in [6.45, 7) is 3.33. The highest BCUT2D eigenvalue weighted by atomic mass is 31.2. The van der Waals surface area contributed by atoms with Crippen molar-refractivity contribution in [3.8, 4) is 0 Å². The third-order valence-electron chi connectivity index (χ3n) is 9.19. The number of nitrogens with one attached hydrogen (secondary N) is 1. The molecule has 0 aliphatic heterocycles. The summed E-state index contributed by atoms with van der Waals surface area (Å²) < 4.78 is 26.9. The molecule has 9 nitrogen and oxygen atoms in total. The molecule has 0 heterocycles. The van der Waals surface area contributed by atoms with Gasteiger partial charge in [-0.15, -0.1) is 0 Å². The Kier molecular flexibility index (Phi) is 43.7. The molecule has 0 spiro atoms. The van der Waals surface area contributed by atoms with Crippen molar-refractivity contribution < 1.29 is 37.9 Å². The Morgan fingerprint density at radius 1 is 0.525 bits per heavy atom. The van der Waals surface area contributed by atoms with Crippen LogP contribution in [0.3, 0.4) is 0 Å². The smallest absolute Gasteiger partial charge is 0.463 e. The highest BCUT2D eigenvalue weighted by Gasteiger charge is 2.23. The molecule has 0 aromatic heterocycles. The van der Waals surface area contributed by atoms with E-state index in [4.69, 9.17) is 13.8 Å².